The molecule has 0 aliphatic heterocycles. The predicted octanol–water partition coefficient (Wildman–Crippen LogP) is 2.08. The van der Waals surface area contributed by atoms with E-state index in [4.69, 9.17) is 26.3 Å². The number of halogens is 1. The normalized spacial score (nSPS) is 10.4. The van der Waals surface area contributed by atoms with Gasteiger partial charge in [0, 0.05) is 18.6 Å². The number of ether oxygens (including phenoxy) is 2. The van der Waals surface area contributed by atoms with Crippen LogP contribution < -0.4 is 10.3 Å². The van der Waals surface area contributed by atoms with E-state index in [-0.39, 0.29) is 10.6 Å². The second kappa shape index (κ2) is 5.74. The van der Waals surface area contributed by atoms with Gasteiger partial charge in [0.15, 0.2) is 0 Å². The minimum atomic E-state index is -0.506. The van der Waals surface area contributed by atoms with Gasteiger partial charge in [0.25, 0.3) is 5.56 Å². The van der Waals surface area contributed by atoms with Gasteiger partial charge in [-0.3, -0.25) is 4.79 Å². The molecule has 19 heavy (non-hydrogen) atoms. The molecule has 1 N–H and O–H groups in total. The number of hydrogen-bond donors (Lipinski definition) is 1. The number of pyridine rings is 1. The molecule has 5 nitrogen and oxygen atoms in total. The molecular weight excluding hydrogens is 268 g/mol. The third kappa shape index (κ3) is 2.70. The lowest BCUT2D eigenvalue weighted by Crippen LogP contribution is -2.11. The number of nitrogens with zero attached hydrogens (tertiary/aromatic N) is 1. The molecule has 1 aromatic carbocycles. The number of fused-ring (bicyclic) bond motifs is 1. The summed E-state index contributed by atoms with van der Waals surface area (Å²) in [7, 11) is 1.59. The summed E-state index contributed by atoms with van der Waals surface area (Å²) < 4.78 is 10.3. The highest BCUT2D eigenvalue weighted by atomic mass is 35.5. The van der Waals surface area contributed by atoms with Gasteiger partial charge in [-0.25, -0.2) is 0 Å². The van der Waals surface area contributed by atoms with Crippen LogP contribution in [0.2, 0.25) is 5.02 Å². The number of H-pyrrole nitrogens is 1. The molecule has 0 saturated heterocycles. The highest BCUT2D eigenvalue weighted by Crippen LogP contribution is 2.26. The smallest absolute Gasteiger partial charge is 0.267 e. The summed E-state index contributed by atoms with van der Waals surface area (Å²) in [4.78, 5) is 14.2. The van der Waals surface area contributed by atoms with Gasteiger partial charge in [0.1, 0.15) is 24.0 Å². The highest BCUT2D eigenvalue weighted by Gasteiger charge is 2.10. The Morgan fingerprint density at radius 1 is 1.42 bits per heavy atom. The second-order valence-electron chi connectivity index (χ2n) is 3.80. The maximum atomic E-state index is 11.6. The van der Waals surface area contributed by atoms with E-state index in [1.807, 2.05) is 0 Å². The first-order valence-corrected chi connectivity index (χ1v) is 5.92. The Hall–Kier alpha value is -2.03. The molecule has 0 aliphatic rings. The number of aromatic amines is 1. The Balaban J connectivity index is 2.45. The summed E-state index contributed by atoms with van der Waals surface area (Å²) in [5.41, 5.74) is -0.0554. The number of hydrogen-bond acceptors (Lipinski definition) is 4. The van der Waals surface area contributed by atoms with Crippen molar-refractivity contribution in [1.82, 2.24) is 4.98 Å². The molecule has 0 unspecified atom stereocenters. The Morgan fingerprint density at radius 3 is 2.89 bits per heavy atom. The average Bonchev–Trinajstić information content (AvgIpc) is 2.39. The number of benzene rings is 1. The van der Waals surface area contributed by atoms with Crippen LogP contribution in [0.4, 0.5) is 0 Å². The summed E-state index contributed by atoms with van der Waals surface area (Å²) >= 11 is 6.02. The molecule has 1 heterocycles. The van der Waals surface area contributed by atoms with Crippen LogP contribution in [-0.4, -0.2) is 25.3 Å². The van der Waals surface area contributed by atoms with Crippen molar-refractivity contribution in [3.8, 4) is 11.8 Å². The highest BCUT2D eigenvalue weighted by molar-refractivity contribution is 6.36. The van der Waals surface area contributed by atoms with Crippen molar-refractivity contribution >= 4 is 22.5 Å². The Morgan fingerprint density at radius 2 is 2.21 bits per heavy atom. The van der Waals surface area contributed by atoms with Gasteiger partial charge in [-0.2, -0.15) is 5.26 Å². The predicted molar refractivity (Wildman–Crippen MR) is 71.7 cm³/mol. The van der Waals surface area contributed by atoms with E-state index in [0.29, 0.717) is 29.9 Å². The Labute approximate surface area is 114 Å². The van der Waals surface area contributed by atoms with E-state index in [9.17, 15) is 4.79 Å². The zero-order valence-electron chi connectivity index (χ0n) is 10.2. The molecule has 0 aliphatic carbocycles. The zero-order chi connectivity index (χ0) is 13.8. The number of nitrogens with one attached hydrogen (secondary N) is 1. The fourth-order valence-corrected chi connectivity index (χ4v) is 1.96. The van der Waals surface area contributed by atoms with E-state index in [1.165, 1.54) is 0 Å². The number of methoxy groups -OCH3 is 1. The fourth-order valence-electron chi connectivity index (χ4n) is 1.67. The van der Waals surface area contributed by atoms with E-state index in [2.05, 4.69) is 4.98 Å². The molecular formula is C13H11ClN2O3. The molecule has 0 atom stereocenters. The molecule has 2 aromatic rings. The molecule has 0 bridgehead atoms. The first-order chi connectivity index (χ1) is 9.17. The van der Waals surface area contributed by atoms with Crippen LogP contribution in [-0.2, 0) is 4.74 Å². The van der Waals surface area contributed by atoms with Gasteiger partial charge < -0.3 is 14.5 Å². The molecule has 98 valence electrons. The van der Waals surface area contributed by atoms with Crippen LogP contribution >= 0.6 is 11.6 Å². The van der Waals surface area contributed by atoms with Crippen LogP contribution in [0.15, 0.2) is 23.0 Å². The maximum absolute atomic E-state index is 11.6. The van der Waals surface area contributed by atoms with Crippen LogP contribution in [0.25, 0.3) is 10.9 Å². The van der Waals surface area contributed by atoms with E-state index >= 15 is 0 Å². The van der Waals surface area contributed by atoms with Crippen molar-refractivity contribution in [1.29, 1.82) is 5.26 Å². The number of aromatic nitrogens is 1. The SMILES string of the molecule is COCCOc1ccc2c(Cl)c(C#N)c(=O)[nH]c2c1. The van der Waals surface area contributed by atoms with E-state index in [1.54, 1.807) is 31.4 Å². The second-order valence-corrected chi connectivity index (χ2v) is 4.18. The zero-order valence-corrected chi connectivity index (χ0v) is 11.0. The molecule has 0 spiro atoms. The van der Waals surface area contributed by atoms with Crippen molar-refractivity contribution in [3.63, 3.8) is 0 Å². The van der Waals surface area contributed by atoms with Crippen molar-refractivity contribution in [2.45, 2.75) is 0 Å². The van der Waals surface area contributed by atoms with Gasteiger partial charge >= 0.3 is 0 Å². The minimum absolute atomic E-state index is 0.0813. The van der Waals surface area contributed by atoms with Crippen molar-refractivity contribution in [2.75, 3.05) is 20.3 Å². The summed E-state index contributed by atoms with van der Waals surface area (Å²) in [6.45, 7) is 0.888. The maximum Gasteiger partial charge on any atom is 0.267 e. The summed E-state index contributed by atoms with van der Waals surface area (Å²) in [5, 5.41) is 9.63. The first-order valence-electron chi connectivity index (χ1n) is 5.54. The molecule has 0 fully saturated rings. The third-order valence-electron chi connectivity index (χ3n) is 2.59. The van der Waals surface area contributed by atoms with Crippen LogP contribution in [0, 0.1) is 11.3 Å². The van der Waals surface area contributed by atoms with Crippen LogP contribution in [0.1, 0.15) is 5.56 Å². The van der Waals surface area contributed by atoms with E-state index < -0.39 is 5.56 Å². The standard InChI is InChI=1S/C13H11ClN2O3/c1-18-4-5-19-8-2-3-9-11(6-8)16-13(17)10(7-15)12(9)14/h2-3,6H,4-5H2,1H3,(H,16,17). The van der Waals surface area contributed by atoms with Crippen LogP contribution in [0.5, 0.6) is 5.75 Å². The Bertz CT molecular complexity index is 703. The van der Waals surface area contributed by atoms with Gasteiger partial charge in [-0.15, -0.1) is 0 Å². The molecule has 0 saturated carbocycles. The molecule has 1 aromatic heterocycles. The average molecular weight is 279 g/mol. The summed E-state index contributed by atoms with van der Waals surface area (Å²) in [5.74, 6) is 0.598. The van der Waals surface area contributed by atoms with Gasteiger partial charge in [0.05, 0.1) is 17.1 Å². The molecule has 2 rings (SSSR count). The Kier molecular flexibility index (Phi) is 4.05. The monoisotopic (exact) mass is 278 g/mol. The lowest BCUT2D eigenvalue weighted by Gasteiger charge is -2.07. The quantitative estimate of drug-likeness (QED) is 0.869. The van der Waals surface area contributed by atoms with Crippen molar-refractivity contribution in [2.24, 2.45) is 0 Å². The van der Waals surface area contributed by atoms with E-state index in [0.717, 1.165) is 0 Å². The minimum Gasteiger partial charge on any atom is -0.491 e. The van der Waals surface area contributed by atoms with Crippen LogP contribution in [0.3, 0.4) is 0 Å². The molecule has 0 amide bonds. The first kappa shape index (κ1) is 13.4. The molecule has 6 heteroatoms. The van der Waals surface area contributed by atoms with Crippen molar-refractivity contribution < 1.29 is 9.47 Å². The summed E-state index contributed by atoms with van der Waals surface area (Å²) in [6.07, 6.45) is 0. The lowest BCUT2D eigenvalue weighted by molar-refractivity contribution is 0.146. The number of nitriles is 1. The topological polar surface area (TPSA) is 75.1 Å². The van der Waals surface area contributed by atoms with Gasteiger partial charge in [-0.05, 0) is 12.1 Å². The summed E-state index contributed by atoms with van der Waals surface area (Å²) in [6, 6.07) is 6.89. The molecule has 0 radical (unpaired) electrons. The fraction of sp³-hybridized carbons (Fsp3) is 0.231. The number of rotatable bonds is 4. The van der Waals surface area contributed by atoms with Gasteiger partial charge in [-0.1, -0.05) is 11.6 Å². The largest absolute Gasteiger partial charge is 0.491 e. The lowest BCUT2D eigenvalue weighted by atomic mass is 10.1. The third-order valence-corrected chi connectivity index (χ3v) is 2.98. The van der Waals surface area contributed by atoms with Gasteiger partial charge in [0.2, 0.25) is 0 Å². The van der Waals surface area contributed by atoms with Crippen molar-refractivity contribution in [3.05, 3.63) is 39.1 Å².